The Kier molecular flexibility index (Phi) is 3.67. The van der Waals surface area contributed by atoms with Crippen molar-refractivity contribution in [1.82, 2.24) is 19.5 Å². The lowest BCUT2D eigenvalue weighted by atomic mass is 10.1. The molecule has 1 saturated carbocycles. The predicted octanol–water partition coefficient (Wildman–Crippen LogP) is 1.88. The van der Waals surface area contributed by atoms with Gasteiger partial charge in [0.1, 0.15) is 5.82 Å². The standard InChI is InChI=1S/C17H23N5O/c1-2-13-11-16(22-15(19-13)7-8-18-22)20-9-10-21(17(23)12-20)14-5-3-4-6-14/h7-8,11,14H,2-6,9-10,12H2,1H3. The number of amides is 1. The number of hydrogen-bond donors (Lipinski definition) is 0. The smallest absolute Gasteiger partial charge is 0.242 e. The van der Waals surface area contributed by atoms with Crippen molar-refractivity contribution in [3.8, 4) is 0 Å². The second kappa shape index (κ2) is 5.83. The second-order valence-electron chi connectivity index (χ2n) is 6.51. The van der Waals surface area contributed by atoms with Crippen molar-refractivity contribution < 1.29 is 4.79 Å². The number of carbonyl (C=O) groups is 1. The lowest BCUT2D eigenvalue weighted by molar-refractivity contribution is -0.133. The van der Waals surface area contributed by atoms with E-state index in [-0.39, 0.29) is 5.91 Å². The Morgan fingerprint density at radius 3 is 2.83 bits per heavy atom. The van der Waals surface area contributed by atoms with E-state index in [0.29, 0.717) is 12.6 Å². The summed E-state index contributed by atoms with van der Waals surface area (Å²) in [6, 6.07) is 4.45. The summed E-state index contributed by atoms with van der Waals surface area (Å²) in [4.78, 5) is 21.5. The average Bonchev–Trinajstić information content (AvgIpc) is 3.25. The van der Waals surface area contributed by atoms with Crippen LogP contribution in [0.1, 0.15) is 38.3 Å². The van der Waals surface area contributed by atoms with E-state index in [1.54, 1.807) is 6.20 Å². The minimum absolute atomic E-state index is 0.248. The van der Waals surface area contributed by atoms with Crippen molar-refractivity contribution in [2.75, 3.05) is 24.5 Å². The number of aryl methyl sites for hydroxylation is 1. The number of carbonyl (C=O) groups excluding carboxylic acids is 1. The normalized spacial score (nSPS) is 20.0. The molecule has 0 atom stereocenters. The van der Waals surface area contributed by atoms with Crippen LogP contribution >= 0.6 is 0 Å². The van der Waals surface area contributed by atoms with Crippen LogP contribution in [0.4, 0.5) is 5.82 Å². The molecule has 6 heteroatoms. The maximum atomic E-state index is 12.6. The number of rotatable bonds is 3. The summed E-state index contributed by atoms with van der Waals surface area (Å²) < 4.78 is 1.84. The molecule has 0 spiro atoms. The summed E-state index contributed by atoms with van der Waals surface area (Å²) in [5.41, 5.74) is 1.89. The maximum absolute atomic E-state index is 12.6. The molecule has 23 heavy (non-hydrogen) atoms. The Balaban J connectivity index is 1.60. The fraction of sp³-hybridized carbons (Fsp3) is 0.588. The van der Waals surface area contributed by atoms with E-state index in [0.717, 1.165) is 36.7 Å². The minimum Gasteiger partial charge on any atom is -0.345 e. The Morgan fingerprint density at radius 1 is 1.26 bits per heavy atom. The van der Waals surface area contributed by atoms with Crippen molar-refractivity contribution >= 4 is 17.4 Å². The molecule has 0 radical (unpaired) electrons. The van der Waals surface area contributed by atoms with E-state index in [2.05, 4.69) is 32.9 Å². The third-order valence-electron chi connectivity index (χ3n) is 5.10. The van der Waals surface area contributed by atoms with Crippen LogP contribution in [0.25, 0.3) is 5.65 Å². The monoisotopic (exact) mass is 313 g/mol. The molecule has 0 aromatic carbocycles. The minimum atomic E-state index is 0.248. The van der Waals surface area contributed by atoms with Gasteiger partial charge in [-0.15, -0.1) is 0 Å². The summed E-state index contributed by atoms with van der Waals surface area (Å²) in [7, 11) is 0. The largest absolute Gasteiger partial charge is 0.345 e. The van der Waals surface area contributed by atoms with Gasteiger partial charge in [-0.05, 0) is 19.3 Å². The molecule has 2 aliphatic rings. The summed E-state index contributed by atoms with van der Waals surface area (Å²) in [6.07, 6.45) is 7.51. The van der Waals surface area contributed by atoms with Gasteiger partial charge in [0, 0.05) is 37.0 Å². The van der Waals surface area contributed by atoms with Gasteiger partial charge in [-0.2, -0.15) is 9.61 Å². The second-order valence-corrected chi connectivity index (χ2v) is 6.51. The third-order valence-corrected chi connectivity index (χ3v) is 5.10. The van der Waals surface area contributed by atoms with Gasteiger partial charge in [0.15, 0.2) is 5.65 Å². The fourth-order valence-electron chi connectivity index (χ4n) is 3.84. The first-order valence-electron chi connectivity index (χ1n) is 8.64. The molecule has 1 aliphatic carbocycles. The third kappa shape index (κ3) is 2.56. The van der Waals surface area contributed by atoms with Gasteiger partial charge in [0.05, 0.1) is 12.7 Å². The first-order chi connectivity index (χ1) is 11.3. The van der Waals surface area contributed by atoms with Gasteiger partial charge >= 0.3 is 0 Å². The van der Waals surface area contributed by atoms with Crippen LogP contribution in [0.2, 0.25) is 0 Å². The van der Waals surface area contributed by atoms with Crippen molar-refractivity contribution in [3.05, 3.63) is 24.0 Å². The Hall–Kier alpha value is -2.11. The quantitative estimate of drug-likeness (QED) is 0.868. The van der Waals surface area contributed by atoms with Crippen LogP contribution in [-0.4, -0.2) is 51.1 Å². The van der Waals surface area contributed by atoms with Crippen molar-refractivity contribution in [1.29, 1.82) is 0 Å². The maximum Gasteiger partial charge on any atom is 0.242 e. The summed E-state index contributed by atoms with van der Waals surface area (Å²) >= 11 is 0. The number of anilines is 1. The van der Waals surface area contributed by atoms with Crippen LogP contribution < -0.4 is 4.90 Å². The molecule has 1 saturated heterocycles. The number of hydrogen-bond acceptors (Lipinski definition) is 4. The first-order valence-corrected chi connectivity index (χ1v) is 8.64. The van der Waals surface area contributed by atoms with Gasteiger partial charge in [-0.3, -0.25) is 4.79 Å². The Bertz CT molecular complexity index is 719. The summed E-state index contributed by atoms with van der Waals surface area (Å²) in [5.74, 6) is 1.23. The van der Waals surface area contributed by atoms with Crippen molar-refractivity contribution in [2.24, 2.45) is 0 Å². The zero-order valence-electron chi connectivity index (χ0n) is 13.6. The molecule has 0 N–H and O–H groups in total. The summed E-state index contributed by atoms with van der Waals surface area (Å²) in [6.45, 7) is 4.22. The molecule has 2 aromatic heterocycles. The van der Waals surface area contributed by atoms with E-state index in [1.807, 2.05) is 10.6 Å². The molecule has 3 heterocycles. The van der Waals surface area contributed by atoms with Crippen LogP contribution in [0, 0.1) is 0 Å². The highest BCUT2D eigenvalue weighted by atomic mass is 16.2. The number of fused-ring (bicyclic) bond motifs is 1. The molecule has 2 aromatic rings. The summed E-state index contributed by atoms with van der Waals surface area (Å²) in [5, 5.41) is 4.38. The number of aromatic nitrogens is 3. The van der Waals surface area contributed by atoms with E-state index in [4.69, 9.17) is 0 Å². The molecule has 2 fully saturated rings. The number of piperazine rings is 1. The lowest BCUT2D eigenvalue weighted by Crippen LogP contribution is -2.54. The highest BCUT2D eigenvalue weighted by Crippen LogP contribution is 2.26. The van der Waals surface area contributed by atoms with Crippen LogP contribution in [0.3, 0.4) is 0 Å². The van der Waals surface area contributed by atoms with Crippen molar-refractivity contribution in [3.63, 3.8) is 0 Å². The van der Waals surface area contributed by atoms with E-state index >= 15 is 0 Å². The molecule has 1 aliphatic heterocycles. The zero-order valence-corrected chi connectivity index (χ0v) is 13.6. The molecule has 4 rings (SSSR count). The Morgan fingerprint density at radius 2 is 2.09 bits per heavy atom. The topological polar surface area (TPSA) is 53.7 Å². The van der Waals surface area contributed by atoms with Crippen LogP contribution in [-0.2, 0) is 11.2 Å². The zero-order chi connectivity index (χ0) is 15.8. The van der Waals surface area contributed by atoms with E-state index in [1.165, 1.54) is 25.7 Å². The molecular formula is C17H23N5O. The van der Waals surface area contributed by atoms with Gasteiger partial charge in [0.2, 0.25) is 5.91 Å². The van der Waals surface area contributed by atoms with Gasteiger partial charge in [0.25, 0.3) is 0 Å². The van der Waals surface area contributed by atoms with Crippen molar-refractivity contribution in [2.45, 2.75) is 45.1 Å². The predicted molar refractivity (Wildman–Crippen MR) is 88.5 cm³/mol. The SMILES string of the molecule is CCc1cc(N2CCN(C3CCCC3)C(=O)C2)n2nccc2n1. The van der Waals surface area contributed by atoms with Crippen LogP contribution in [0.5, 0.6) is 0 Å². The van der Waals surface area contributed by atoms with Gasteiger partial charge in [-0.25, -0.2) is 4.98 Å². The fourth-order valence-corrected chi connectivity index (χ4v) is 3.84. The molecule has 122 valence electrons. The van der Waals surface area contributed by atoms with E-state index < -0.39 is 0 Å². The highest BCUT2D eigenvalue weighted by molar-refractivity contribution is 5.83. The van der Waals surface area contributed by atoms with Crippen LogP contribution in [0.15, 0.2) is 18.3 Å². The Labute approximate surface area is 136 Å². The van der Waals surface area contributed by atoms with Gasteiger partial charge < -0.3 is 9.80 Å². The van der Waals surface area contributed by atoms with E-state index in [9.17, 15) is 4.79 Å². The molecule has 1 amide bonds. The number of nitrogens with zero attached hydrogens (tertiary/aromatic N) is 5. The average molecular weight is 313 g/mol. The highest BCUT2D eigenvalue weighted by Gasteiger charge is 2.32. The molecule has 6 nitrogen and oxygen atoms in total. The lowest BCUT2D eigenvalue weighted by Gasteiger charge is -2.38. The van der Waals surface area contributed by atoms with Gasteiger partial charge in [-0.1, -0.05) is 19.8 Å². The first kappa shape index (κ1) is 14.5. The molecular weight excluding hydrogens is 290 g/mol. The molecule has 0 unspecified atom stereocenters. The molecule has 0 bridgehead atoms.